The van der Waals surface area contributed by atoms with Crippen LogP contribution in [-0.4, -0.2) is 26.1 Å². The lowest BCUT2D eigenvalue weighted by Crippen LogP contribution is -2.46. The number of aryl methyl sites for hydroxylation is 1. The van der Waals surface area contributed by atoms with Gasteiger partial charge in [-0.3, -0.25) is 0 Å². The number of thiophene rings is 1. The summed E-state index contributed by atoms with van der Waals surface area (Å²) < 4.78 is 2.94. The molecule has 2 aromatic heterocycles. The number of fused-ring (bicyclic) bond motifs is 2. The first-order valence-electron chi connectivity index (χ1n) is 12.5. The van der Waals surface area contributed by atoms with E-state index in [1.807, 2.05) is 11.3 Å². The highest BCUT2D eigenvalue weighted by Crippen LogP contribution is 2.41. The molecule has 1 fully saturated rings. The summed E-state index contributed by atoms with van der Waals surface area (Å²) in [5.74, 6) is 0. The van der Waals surface area contributed by atoms with Gasteiger partial charge in [-0.1, -0.05) is 100 Å². The first kappa shape index (κ1) is 22.9. The van der Waals surface area contributed by atoms with Crippen LogP contribution < -0.4 is 9.69 Å². The molecule has 0 radical (unpaired) electrons. The molecule has 1 saturated carbocycles. The molecule has 2 heterocycles. The van der Waals surface area contributed by atoms with Gasteiger partial charge in [-0.05, 0) is 39.4 Å². The van der Waals surface area contributed by atoms with Crippen molar-refractivity contribution in [3.05, 3.63) is 48.3 Å². The van der Waals surface area contributed by atoms with Gasteiger partial charge in [0.05, 0.1) is 32.1 Å². The van der Waals surface area contributed by atoms with Crippen molar-refractivity contribution in [2.45, 2.75) is 77.3 Å². The molecule has 0 N–H and O–H groups in total. The van der Waals surface area contributed by atoms with E-state index in [0.29, 0.717) is 0 Å². The summed E-state index contributed by atoms with van der Waals surface area (Å²) >= 11 is 2.01. The minimum Gasteiger partial charge on any atom is -0.235 e. The molecule has 0 bridgehead atoms. The van der Waals surface area contributed by atoms with Crippen molar-refractivity contribution in [2.24, 2.45) is 0 Å². The summed E-state index contributed by atoms with van der Waals surface area (Å²) in [6, 6.07) is 13.6. The van der Waals surface area contributed by atoms with Crippen LogP contribution >= 0.6 is 11.3 Å². The van der Waals surface area contributed by atoms with Gasteiger partial charge < -0.3 is 0 Å². The van der Waals surface area contributed by atoms with Gasteiger partial charge in [0.15, 0.2) is 0 Å². The van der Waals surface area contributed by atoms with E-state index in [-0.39, 0.29) is 0 Å². The van der Waals surface area contributed by atoms with Gasteiger partial charge in [0.1, 0.15) is 6.33 Å². The second-order valence-corrected chi connectivity index (χ2v) is 22.7. The maximum absolute atomic E-state index is 4.89. The number of aromatic nitrogens is 2. The molecule has 1 aliphatic carbocycles. The first-order valence-corrected chi connectivity index (χ1v) is 19.9. The zero-order chi connectivity index (χ0) is 23.4. The molecule has 5 rings (SSSR count). The zero-order valence-corrected chi connectivity index (χ0v) is 23.8. The maximum Gasteiger partial charge on any atom is 0.116 e. The van der Waals surface area contributed by atoms with Gasteiger partial charge in [0.2, 0.25) is 0 Å². The summed E-state index contributed by atoms with van der Waals surface area (Å²) in [5, 5.41) is 4.25. The van der Waals surface area contributed by atoms with E-state index < -0.39 is 16.1 Å². The van der Waals surface area contributed by atoms with Crippen LogP contribution in [0.5, 0.6) is 0 Å². The Hall–Kier alpha value is -1.83. The highest BCUT2D eigenvalue weighted by atomic mass is 32.1. The lowest BCUT2D eigenvalue weighted by molar-refractivity contribution is 0.494. The van der Waals surface area contributed by atoms with Gasteiger partial charge in [0.25, 0.3) is 0 Å². The molecule has 0 unspecified atom stereocenters. The Morgan fingerprint density at radius 2 is 1.64 bits per heavy atom. The molecule has 1 aliphatic rings. The average Bonchev–Trinajstić information content (AvgIpc) is 3.16. The summed E-state index contributed by atoms with van der Waals surface area (Å²) in [4.78, 5) is 9.70. The highest BCUT2D eigenvalue weighted by molar-refractivity contribution is 7.32. The molecule has 172 valence electrons. The molecule has 0 spiro atoms. The third-order valence-electron chi connectivity index (χ3n) is 7.86. The highest BCUT2D eigenvalue weighted by Gasteiger charge is 2.37. The molecule has 0 aliphatic heterocycles. The molecule has 2 aromatic carbocycles. The summed E-state index contributed by atoms with van der Waals surface area (Å²) in [5.41, 5.74) is 5.88. The number of hydrogen-bond donors (Lipinski definition) is 0. The summed E-state index contributed by atoms with van der Waals surface area (Å²) in [6.07, 6.45) is 8.85. The van der Waals surface area contributed by atoms with Crippen LogP contribution in [0.4, 0.5) is 0 Å². The van der Waals surface area contributed by atoms with Crippen LogP contribution in [0.3, 0.4) is 0 Å². The second-order valence-electron chi connectivity index (χ2n) is 11.5. The maximum atomic E-state index is 4.89. The molecule has 4 aromatic rings. The Morgan fingerprint density at radius 3 is 2.36 bits per heavy atom. The largest absolute Gasteiger partial charge is 0.235 e. The minimum absolute atomic E-state index is 0.897. The van der Waals surface area contributed by atoms with Crippen molar-refractivity contribution in [3.63, 3.8) is 0 Å². The van der Waals surface area contributed by atoms with Crippen molar-refractivity contribution in [3.8, 4) is 11.3 Å². The Morgan fingerprint density at radius 1 is 0.909 bits per heavy atom. The summed E-state index contributed by atoms with van der Waals surface area (Å²) in [6.45, 7) is 14.9. The first-order chi connectivity index (χ1) is 15.7. The van der Waals surface area contributed by atoms with E-state index in [0.717, 1.165) is 11.2 Å². The normalized spacial score (nSPS) is 16.1. The van der Waals surface area contributed by atoms with Crippen LogP contribution in [0.15, 0.2) is 42.7 Å². The standard InChI is InChI=1S/C28H36N2SSi2/c1-19-25-27(31-28(19)33(5,6)22-13-8-7-9-14-22)26(30-18-29-25)21-16-20-12-10-11-15-23(20)24(17-21)32(2,3)4/h10-12,15-18,22H,7-9,13-14H2,1-6H3. The van der Waals surface area contributed by atoms with Crippen LogP contribution in [0.2, 0.25) is 38.3 Å². The smallest absolute Gasteiger partial charge is 0.116 e. The Labute approximate surface area is 204 Å². The van der Waals surface area contributed by atoms with Crippen LogP contribution in [0.25, 0.3) is 32.2 Å². The average molecular weight is 489 g/mol. The lowest BCUT2D eigenvalue weighted by Gasteiger charge is -2.35. The predicted molar refractivity (Wildman–Crippen MR) is 152 cm³/mol. The van der Waals surface area contributed by atoms with Crippen molar-refractivity contribution >= 4 is 58.2 Å². The topological polar surface area (TPSA) is 25.8 Å². The monoisotopic (exact) mass is 488 g/mol. The third kappa shape index (κ3) is 4.02. The van der Waals surface area contributed by atoms with Crippen molar-refractivity contribution in [2.75, 3.05) is 0 Å². The Balaban J connectivity index is 1.71. The molecule has 0 atom stereocenters. The van der Waals surface area contributed by atoms with Gasteiger partial charge >= 0.3 is 0 Å². The van der Waals surface area contributed by atoms with Gasteiger partial charge in [-0.2, -0.15) is 0 Å². The summed E-state index contributed by atoms with van der Waals surface area (Å²) in [7, 11) is -3.08. The van der Waals surface area contributed by atoms with Crippen molar-refractivity contribution in [1.82, 2.24) is 9.97 Å². The van der Waals surface area contributed by atoms with Crippen LogP contribution in [0.1, 0.15) is 37.7 Å². The Bertz CT molecular complexity index is 1330. The van der Waals surface area contributed by atoms with Crippen molar-refractivity contribution < 1.29 is 0 Å². The molecular weight excluding hydrogens is 453 g/mol. The number of nitrogens with zero attached hydrogens (tertiary/aromatic N) is 2. The van der Waals surface area contributed by atoms with Crippen LogP contribution in [0, 0.1) is 6.92 Å². The van der Waals surface area contributed by atoms with Crippen LogP contribution in [-0.2, 0) is 0 Å². The molecule has 2 nitrogen and oxygen atoms in total. The van der Waals surface area contributed by atoms with E-state index in [4.69, 9.17) is 9.97 Å². The number of rotatable bonds is 4. The predicted octanol–water partition coefficient (Wildman–Crippen LogP) is 7.61. The number of benzene rings is 2. The number of hydrogen-bond acceptors (Lipinski definition) is 3. The second kappa shape index (κ2) is 8.44. The zero-order valence-electron chi connectivity index (χ0n) is 21.0. The lowest BCUT2D eigenvalue weighted by atomic mass is 10.0. The van der Waals surface area contributed by atoms with Gasteiger partial charge in [0, 0.05) is 5.56 Å². The van der Waals surface area contributed by atoms with E-state index in [2.05, 4.69) is 76.1 Å². The van der Waals surface area contributed by atoms with E-state index in [1.165, 1.54) is 69.4 Å². The molecule has 0 amide bonds. The molecular formula is C28H36N2SSi2. The quantitative estimate of drug-likeness (QED) is 0.276. The molecule has 33 heavy (non-hydrogen) atoms. The SMILES string of the molecule is Cc1c([Si](C)(C)C2CCCCC2)sc2c(-c3cc([Si](C)(C)C)c4ccccc4c3)ncnc12. The molecule has 0 saturated heterocycles. The third-order valence-corrected chi connectivity index (χ3v) is 17.0. The van der Waals surface area contributed by atoms with E-state index in [9.17, 15) is 0 Å². The molecule has 5 heteroatoms. The minimum atomic E-state index is -1.56. The fourth-order valence-corrected chi connectivity index (χ4v) is 13.7. The van der Waals surface area contributed by atoms with Crippen molar-refractivity contribution in [1.29, 1.82) is 0 Å². The fourth-order valence-electron chi connectivity index (χ4n) is 5.92. The van der Waals surface area contributed by atoms with Gasteiger partial charge in [-0.25, -0.2) is 9.97 Å². The van der Waals surface area contributed by atoms with Gasteiger partial charge in [-0.15, -0.1) is 11.3 Å². The Kier molecular flexibility index (Phi) is 5.86. The van der Waals surface area contributed by atoms with E-state index >= 15 is 0 Å². The fraction of sp³-hybridized carbons (Fsp3) is 0.429. The van der Waals surface area contributed by atoms with E-state index in [1.54, 1.807) is 10.8 Å².